The molecule has 1 aliphatic carbocycles. The zero-order chi connectivity index (χ0) is 13.7. The van der Waals surface area contributed by atoms with Gasteiger partial charge in [0.1, 0.15) is 5.82 Å². The summed E-state index contributed by atoms with van der Waals surface area (Å²) in [7, 11) is 1.83. The SMILES string of the molecule is CN(C(=O)NCc1ccccc1F)C1CCCCC1. The maximum absolute atomic E-state index is 13.4. The van der Waals surface area contributed by atoms with Gasteiger partial charge in [-0.3, -0.25) is 0 Å². The van der Waals surface area contributed by atoms with E-state index < -0.39 is 0 Å². The fourth-order valence-corrected chi connectivity index (χ4v) is 2.57. The van der Waals surface area contributed by atoms with Gasteiger partial charge in [0, 0.05) is 25.2 Å². The predicted octanol–water partition coefficient (Wildman–Crippen LogP) is 3.30. The zero-order valence-electron chi connectivity index (χ0n) is 11.4. The Hall–Kier alpha value is -1.58. The van der Waals surface area contributed by atoms with Gasteiger partial charge in [-0.05, 0) is 18.9 Å². The van der Waals surface area contributed by atoms with Crippen molar-refractivity contribution in [2.24, 2.45) is 0 Å². The molecule has 0 spiro atoms. The Balaban J connectivity index is 1.85. The second-order valence-corrected chi connectivity index (χ2v) is 5.15. The third-order valence-corrected chi connectivity index (χ3v) is 3.83. The van der Waals surface area contributed by atoms with Gasteiger partial charge in [0.15, 0.2) is 0 Å². The van der Waals surface area contributed by atoms with Gasteiger partial charge in [-0.25, -0.2) is 9.18 Å². The molecule has 1 aliphatic rings. The van der Waals surface area contributed by atoms with E-state index in [0.29, 0.717) is 11.6 Å². The molecular weight excluding hydrogens is 243 g/mol. The largest absolute Gasteiger partial charge is 0.334 e. The van der Waals surface area contributed by atoms with E-state index in [1.165, 1.54) is 25.3 Å². The van der Waals surface area contributed by atoms with Crippen molar-refractivity contribution >= 4 is 6.03 Å². The smallest absolute Gasteiger partial charge is 0.317 e. The molecule has 0 radical (unpaired) electrons. The van der Waals surface area contributed by atoms with E-state index in [1.54, 1.807) is 23.1 Å². The van der Waals surface area contributed by atoms with Gasteiger partial charge >= 0.3 is 6.03 Å². The maximum atomic E-state index is 13.4. The van der Waals surface area contributed by atoms with Crippen LogP contribution in [0.5, 0.6) is 0 Å². The lowest BCUT2D eigenvalue weighted by atomic mass is 9.95. The lowest BCUT2D eigenvalue weighted by Gasteiger charge is -2.31. The second-order valence-electron chi connectivity index (χ2n) is 5.15. The molecule has 2 rings (SSSR count). The molecule has 0 heterocycles. The summed E-state index contributed by atoms with van der Waals surface area (Å²) in [5.74, 6) is -0.275. The van der Waals surface area contributed by atoms with Crippen LogP contribution in [0.3, 0.4) is 0 Å². The Morgan fingerprint density at radius 3 is 2.68 bits per heavy atom. The highest BCUT2D eigenvalue weighted by Crippen LogP contribution is 2.21. The first-order valence-electron chi connectivity index (χ1n) is 6.92. The average molecular weight is 264 g/mol. The molecule has 0 saturated heterocycles. The number of rotatable bonds is 3. The Labute approximate surface area is 113 Å². The quantitative estimate of drug-likeness (QED) is 0.892. The lowest BCUT2D eigenvalue weighted by Crippen LogP contribution is -2.44. The molecule has 0 bridgehead atoms. The summed E-state index contributed by atoms with van der Waals surface area (Å²) in [5.41, 5.74) is 0.521. The molecule has 0 aromatic heterocycles. The van der Waals surface area contributed by atoms with Gasteiger partial charge in [-0.1, -0.05) is 37.5 Å². The van der Waals surface area contributed by atoms with Crippen LogP contribution in [0, 0.1) is 5.82 Å². The average Bonchev–Trinajstić information content (AvgIpc) is 2.46. The molecule has 0 atom stereocenters. The number of nitrogens with zero attached hydrogens (tertiary/aromatic N) is 1. The molecule has 104 valence electrons. The van der Waals surface area contributed by atoms with Crippen molar-refractivity contribution < 1.29 is 9.18 Å². The number of hydrogen-bond acceptors (Lipinski definition) is 1. The highest BCUT2D eigenvalue weighted by molar-refractivity contribution is 5.74. The molecule has 1 aromatic rings. The van der Waals surface area contributed by atoms with Crippen LogP contribution in [0.15, 0.2) is 24.3 Å². The van der Waals surface area contributed by atoms with Gasteiger partial charge in [-0.2, -0.15) is 0 Å². The third kappa shape index (κ3) is 3.69. The molecule has 0 aliphatic heterocycles. The normalized spacial score (nSPS) is 16.1. The van der Waals surface area contributed by atoms with Gasteiger partial charge in [0.05, 0.1) is 0 Å². The first-order valence-corrected chi connectivity index (χ1v) is 6.92. The van der Waals surface area contributed by atoms with E-state index in [0.717, 1.165) is 12.8 Å². The monoisotopic (exact) mass is 264 g/mol. The van der Waals surface area contributed by atoms with Crippen molar-refractivity contribution in [1.29, 1.82) is 0 Å². The minimum absolute atomic E-state index is 0.116. The van der Waals surface area contributed by atoms with Crippen LogP contribution < -0.4 is 5.32 Å². The molecular formula is C15H21FN2O. The molecule has 1 N–H and O–H groups in total. The first kappa shape index (κ1) is 13.8. The van der Waals surface area contributed by atoms with Crippen LogP contribution in [0.25, 0.3) is 0 Å². The van der Waals surface area contributed by atoms with E-state index in [9.17, 15) is 9.18 Å². The maximum Gasteiger partial charge on any atom is 0.317 e. The van der Waals surface area contributed by atoms with Crippen LogP contribution in [-0.4, -0.2) is 24.0 Å². The minimum atomic E-state index is -0.275. The number of amides is 2. The highest BCUT2D eigenvalue weighted by atomic mass is 19.1. The van der Waals surface area contributed by atoms with E-state index in [2.05, 4.69) is 5.32 Å². The van der Waals surface area contributed by atoms with Crippen molar-refractivity contribution in [3.63, 3.8) is 0 Å². The molecule has 4 heteroatoms. The number of nitrogens with one attached hydrogen (secondary N) is 1. The Bertz CT molecular complexity index is 430. The van der Waals surface area contributed by atoms with Crippen LogP contribution in [-0.2, 0) is 6.54 Å². The van der Waals surface area contributed by atoms with Crippen LogP contribution in [0.1, 0.15) is 37.7 Å². The van der Waals surface area contributed by atoms with Crippen molar-refractivity contribution in [2.45, 2.75) is 44.7 Å². The van der Waals surface area contributed by atoms with Crippen LogP contribution in [0.4, 0.5) is 9.18 Å². The summed E-state index contributed by atoms with van der Waals surface area (Å²) in [5, 5.41) is 2.78. The Morgan fingerprint density at radius 2 is 2.00 bits per heavy atom. The van der Waals surface area contributed by atoms with Gasteiger partial charge in [-0.15, -0.1) is 0 Å². The molecule has 3 nitrogen and oxygen atoms in total. The highest BCUT2D eigenvalue weighted by Gasteiger charge is 2.21. The first-order chi connectivity index (χ1) is 9.18. The summed E-state index contributed by atoms with van der Waals surface area (Å²) in [6, 6.07) is 6.73. The van der Waals surface area contributed by atoms with Gasteiger partial charge in [0.2, 0.25) is 0 Å². The standard InChI is InChI=1S/C15H21FN2O/c1-18(13-8-3-2-4-9-13)15(19)17-11-12-7-5-6-10-14(12)16/h5-7,10,13H,2-4,8-9,11H2,1H3,(H,17,19). The molecule has 1 saturated carbocycles. The summed E-state index contributed by atoms with van der Waals surface area (Å²) >= 11 is 0. The molecule has 2 amide bonds. The molecule has 19 heavy (non-hydrogen) atoms. The second kappa shape index (κ2) is 6.55. The van der Waals surface area contributed by atoms with Crippen LogP contribution >= 0.6 is 0 Å². The lowest BCUT2D eigenvalue weighted by molar-refractivity contribution is 0.173. The van der Waals surface area contributed by atoms with Crippen molar-refractivity contribution in [2.75, 3.05) is 7.05 Å². The summed E-state index contributed by atoms with van der Waals surface area (Å²) < 4.78 is 13.4. The Kier molecular flexibility index (Phi) is 4.77. The van der Waals surface area contributed by atoms with E-state index in [-0.39, 0.29) is 18.4 Å². The number of benzene rings is 1. The Morgan fingerprint density at radius 1 is 1.32 bits per heavy atom. The van der Waals surface area contributed by atoms with E-state index >= 15 is 0 Å². The van der Waals surface area contributed by atoms with Crippen molar-refractivity contribution in [1.82, 2.24) is 10.2 Å². The number of carbonyl (C=O) groups excluding carboxylic acids is 1. The fraction of sp³-hybridized carbons (Fsp3) is 0.533. The predicted molar refractivity (Wildman–Crippen MR) is 73.3 cm³/mol. The fourth-order valence-electron chi connectivity index (χ4n) is 2.57. The number of halogens is 1. The van der Waals surface area contributed by atoms with Crippen molar-refractivity contribution in [3.8, 4) is 0 Å². The third-order valence-electron chi connectivity index (χ3n) is 3.83. The minimum Gasteiger partial charge on any atom is -0.334 e. The van der Waals surface area contributed by atoms with E-state index in [4.69, 9.17) is 0 Å². The van der Waals surface area contributed by atoms with Crippen LogP contribution in [0.2, 0.25) is 0 Å². The van der Waals surface area contributed by atoms with Crippen molar-refractivity contribution in [3.05, 3.63) is 35.6 Å². The molecule has 1 fully saturated rings. The summed E-state index contributed by atoms with van der Waals surface area (Å²) in [4.78, 5) is 13.8. The van der Waals surface area contributed by atoms with Gasteiger partial charge < -0.3 is 10.2 Å². The summed E-state index contributed by atoms with van der Waals surface area (Å²) in [6.07, 6.45) is 5.79. The number of urea groups is 1. The zero-order valence-corrected chi connectivity index (χ0v) is 11.4. The number of carbonyl (C=O) groups is 1. The van der Waals surface area contributed by atoms with Gasteiger partial charge in [0.25, 0.3) is 0 Å². The molecule has 1 aromatic carbocycles. The topological polar surface area (TPSA) is 32.3 Å². The molecule has 0 unspecified atom stereocenters. The van der Waals surface area contributed by atoms with E-state index in [1.807, 2.05) is 7.05 Å². The summed E-state index contributed by atoms with van der Waals surface area (Å²) in [6.45, 7) is 0.239. The number of hydrogen-bond donors (Lipinski definition) is 1.